The third-order valence-corrected chi connectivity index (χ3v) is 2.25. The molecule has 1 atom stereocenters. The highest BCUT2D eigenvalue weighted by Gasteiger charge is 2.19. The van der Waals surface area contributed by atoms with Crippen LogP contribution in [0, 0.1) is 11.6 Å². The van der Waals surface area contributed by atoms with Gasteiger partial charge in [-0.3, -0.25) is 4.79 Å². The number of methoxy groups -OCH3 is 1. The molecule has 0 bridgehead atoms. The molecule has 3 nitrogen and oxygen atoms in total. The molecule has 0 amide bonds. The number of rotatable bonds is 3. The summed E-state index contributed by atoms with van der Waals surface area (Å²) >= 11 is 5.45. The van der Waals surface area contributed by atoms with Crippen molar-refractivity contribution in [1.82, 2.24) is 0 Å². The standard InChI is InChI=1S/C10H10ClF2NO2/c1-16-10(15)9(14)4-6-7(12)2-5(11)3-8(6)13/h2-3,9H,4,14H2,1H3. The molecule has 0 saturated carbocycles. The molecule has 88 valence electrons. The minimum Gasteiger partial charge on any atom is -0.468 e. The molecular formula is C10H10ClF2NO2. The lowest BCUT2D eigenvalue weighted by molar-refractivity contribution is -0.142. The summed E-state index contributed by atoms with van der Waals surface area (Å²) in [6.45, 7) is 0. The Hall–Kier alpha value is -1.20. The number of carbonyl (C=O) groups excluding carboxylic acids is 1. The summed E-state index contributed by atoms with van der Waals surface area (Å²) < 4.78 is 31.0. The van der Waals surface area contributed by atoms with Crippen LogP contribution in [0.2, 0.25) is 5.02 Å². The van der Waals surface area contributed by atoms with Gasteiger partial charge >= 0.3 is 5.97 Å². The fourth-order valence-electron chi connectivity index (χ4n) is 1.22. The van der Waals surface area contributed by atoms with E-state index in [0.717, 1.165) is 19.2 Å². The van der Waals surface area contributed by atoms with Crippen molar-refractivity contribution >= 4 is 17.6 Å². The summed E-state index contributed by atoms with van der Waals surface area (Å²) in [7, 11) is 1.15. The second kappa shape index (κ2) is 5.23. The first-order valence-electron chi connectivity index (χ1n) is 4.42. The van der Waals surface area contributed by atoms with Crippen molar-refractivity contribution in [2.24, 2.45) is 5.73 Å². The summed E-state index contributed by atoms with van der Waals surface area (Å²) in [4.78, 5) is 11.0. The van der Waals surface area contributed by atoms with Gasteiger partial charge in [0.1, 0.15) is 17.7 Å². The zero-order valence-corrected chi connectivity index (χ0v) is 9.22. The van der Waals surface area contributed by atoms with Gasteiger partial charge < -0.3 is 10.5 Å². The van der Waals surface area contributed by atoms with Crippen molar-refractivity contribution in [2.45, 2.75) is 12.5 Å². The average molecular weight is 250 g/mol. The second-order valence-electron chi connectivity index (χ2n) is 3.18. The van der Waals surface area contributed by atoms with Gasteiger partial charge in [-0.15, -0.1) is 0 Å². The highest BCUT2D eigenvalue weighted by atomic mass is 35.5. The summed E-state index contributed by atoms with van der Waals surface area (Å²) in [5.74, 6) is -2.39. The lowest BCUT2D eigenvalue weighted by Crippen LogP contribution is -2.34. The highest BCUT2D eigenvalue weighted by Crippen LogP contribution is 2.20. The van der Waals surface area contributed by atoms with E-state index in [9.17, 15) is 13.6 Å². The molecule has 0 aromatic heterocycles. The van der Waals surface area contributed by atoms with Gasteiger partial charge in [0.2, 0.25) is 0 Å². The van der Waals surface area contributed by atoms with Gasteiger partial charge in [0.25, 0.3) is 0 Å². The normalized spacial score (nSPS) is 12.3. The van der Waals surface area contributed by atoms with Gasteiger partial charge in [-0.25, -0.2) is 8.78 Å². The second-order valence-corrected chi connectivity index (χ2v) is 3.62. The Bertz CT molecular complexity index is 389. The maximum Gasteiger partial charge on any atom is 0.322 e. The lowest BCUT2D eigenvalue weighted by Gasteiger charge is -2.10. The molecule has 0 saturated heterocycles. The highest BCUT2D eigenvalue weighted by molar-refractivity contribution is 6.30. The average Bonchev–Trinajstić information content (AvgIpc) is 2.21. The van der Waals surface area contributed by atoms with Crippen LogP contribution in [-0.2, 0) is 16.0 Å². The van der Waals surface area contributed by atoms with Crippen LogP contribution in [0.25, 0.3) is 0 Å². The predicted octanol–water partition coefficient (Wildman–Crippen LogP) is 1.66. The van der Waals surface area contributed by atoms with Gasteiger partial charge in [0, 0.05) is 17.0 Å². The van der Waals surface area contributed by atoms with Crippen LogP contribution < -0.4 is 5.73 Å². The molecule has 0 heterocycles. The van der Waals surface area contributed by atoms with E-state index in [0.29, 0.717) is 0 Å². The fraction of sp³-hybridized carbons (Fsp3) is 0.300. The zero-order valence-electron chi connectivity index (χ0n) is 8.47. The Morgan fingerprint density at radius 1 is 1.50 bits per heavy atom. The monoisotopic (exact) mass is 249 g/mol. The van der Waals surface area contributed by atoms with Crippen molar-refractivity contribution < 1.29 is 18.3 Å². The quantitative estimate of drug-likeness (QED) is 0.829. The number of hydrogen-bond donors (Lipinski definition) is 1. The summed E-state index contributed by atoms with van der Waals surface area (Å²) in [6, 6.07) is 0.823. The van der Waals surface area contributed by atoms with Crippen LogP contribution in [0.15, 0.2) is 12.1 Å². The number of benzene rings is 1. The lowest BCUT2D eigenvalue weighted by atomic mass is 10.1. The molecule has 1 aromatic rings. The van der Waals surface area contributed by atoms with E-state index in [1.54, 1.807) is 0 Å². The third kappa shape index (κ3) is 2.90. The summed E-state index contributed by atoms with van der Waals surface area (Å²) in [6.07, 6.45) is -0.276. The van der Waals surface area contributed by atoms with Gasteiger partial charge in [0.05, 0.1) is 7.11 Å². The first kappa shape index (κ1) is 12.9. The van der Waals surface area contributed by atoms with Crippen LogP contribution in [0.3, 0.4) is 0 Å². The number of hydrogen-bond acceptors (Lipinski definition) is 3. The molecule has 1 unspecified atom stereocenters. The van der Waals surface area contributed by atoms with E-state index in [-0.39, 0.29) is 17.0 Å². The SMILES string of the molecule is COC(=O)C(N)Cc1c(F)cc(Cl)cc1F. The smallest absolute Gasteiger partial charge is 0.322 e. The Kier molecular flexibility index (Phi) is 4.20. The zero-order chi connectivity index (χ0) is 12.3. The van der Waals surface area contributed by atoms with Crippen molar-refractivity contribution in [1.29, 1.82) is 0 Å². The van der Waals surface area contributed by atoms with Crippen LogP contribution in [-0.4, -0.2) is 19.1 Å². The van der Waals surface area contributed by atoms with Crippen molar-refractivity contribution in [3.8, 4) is 0 Å². The number of ether oxygens (including phenoxy) is 1. The molecule has 0 fully saturated rings. The van der Waals surface area contributed by atoms with E-state index in [4.69, 9.17) is 17.3 Å². The maximum absolute atomic E-state index is 13.3. The molecule has 2 N–H and O–H groups in total. The van der Waals surface area contributed by atoms with E-state index in [1.807, 2.05) is 0 Å². The van der Waals surface area contributed by atoms with Crippen molar-refractivity contribution in [3.63, 3.8) is 0 Å². The van der Waals surface area contributed by atoms with Crippen LogP contribution in [0.1, 0.15) is 5.56 Å². The summed E-state index contributed by atoms with van der Waals surface area (Å²) in [5, 5.41) is -0.0506. The first-order chi connectivity index (χ1) is 7.45. The van der Waals surface area contributed by atoms with E-state index in [1.165, 1.54) is 0 Å². The maximum atomic E-state index is 13.3. The van der Waals surface area contributed by atoms with Crippen LogP contribution in [0.5, 0.6) is 0 Å². The number of esters is 1. The van der Waals surface area contributed by atoms with Gasteiger partial charge in [-0.2, -0.15) is 0 Å². The van der Waals surface area contributed by atoms with Gasteiger partial charge in [-0.1, -0.05) is 11.6 Å². The molecule has 0 aliphatic heterocycles. The fourth-order valence-corrected chi connectivity index (χ4v) is 1.41. The van der Waals surface area contributed by atoms with E-state index >= 15 is 0 Å². The molecule has 0 aliphatic carbocycles. The minimum absolute atomic E-state index is 0.0506. The van der Waals surface area contributed by atoms with Crippen molar-refractivity contribution in [2.75, 3.05) is 7.11 Å². The largest absolute Gasteiger partial charge is 0.468 e. The number of carbonyl (C=O) groups is 1. The third-order valence-electron chi connectivity index (χ3n) is 2.03. The van der Waals surface area contributed by atoms with Crippen molar-refractivity contribution in [3.05, 3.63) is 34.4 Å². The summed E-state index contributed by atoms with van der Waals surface area (Å²) in [5.41, 5.74) is 5.12. The predicted molar refractivity (Wildman–Crippen MR) is 55.1 cm³/mol. The Labute approximate surface area is 96.1 Å². The Morgan fingerprint density at radius 2 is 2.00 bits per heavy atom. The van der Waals surface area contributed by atoms with E-state index in [2.05, 4.69) is 4.74 Å². The Balaban J connectivity index is 2.93. The number of halogens is 3. The molecule has 6 heteroatoms. The minimum atomic E-state index is -1.10. The molecular weight excluding hydrogens is 240 g/mol. The van der Waals surface area contributed by atoms with Gasteiger partial charge in [-0.05, 0) is 12.1 Å². The first-order valence-corrected chi connectivity index (χ1v) is 4.80. The molecule has 0 aliphatic rings. The molecule has 0 spiro atoms. The van der Waals surface area contributed by atoms with E-state index < -0.39 is 23.6 Å². The molecule has 1 aromatic carbocycles. The topological polar surface area (TPSA) is 52.3 Å². The molecule has 0 radical (unpaired) electrons. The number of nitrogens with two attached hydrogens (primary N) is 1. The van der Waals surface area contributed by atoms with Crippen LogP contribution in [0.4, 0.5) is 8.78 Å². The van der Waals surface area contributed by atoms with Crippen LogP contribution >= 0.6 is 11.6 Å². The molecule has 1 rings (SSSR count). The van der Waals surface area contributed by atoms with Gasteiger partial charge in [0.15, 0.2) is 0 Å². The molecule has 16 heavy (non-hydrogen) atoms. The Morgan fingerprint density at radius 3 is 2.44 bits per heavy atom.